The second kappa shape index (κ2) is 58.6. The number of amides is 1. The van der Waals surface area contributed by atoms with Crippen LogP contribution in [0.3, 0.4) is 0 Å². The summed E-state index contributed by atoms with van der Waals surface area (Å²) in [4.78, 5) is 24.5. The fourth-order valence-corrected chi connectivity index (χ4v) is 9.42. The van der Waals surface area contributed by atoms with Crippen LogP contribution in [0, 0.1) is 0 Å². The molecule has 0 rings (SSSR count). The fraction of sp³-hybridized carbons (Fsp3) is 0.873. The van der Waals surface area contributed by atoms with Gasteiger partial charge < -0.3 is 20.3 Å². The first kappa shape index (κ1) is 67.1. The van der Waals surface area contributed by atoms with E-state index in [-0.39, 0.29) is 18.5 Å². The van der Waals surface area contributed by atoms with Crippen LogP contribution in [0.25, 0.3) is 0 Å². The zero-order valence-corrected chi connectivity index (χ0v) is 46.3. The SMILES string of the molecule is CCCC/C=C\C/C=C\CCCCCCCC(=O)OCCCCCCCCCCCCCCCCCCCC(=O)NC(CO)C(O)/C=C/CCCCCCCCCCCCCCCCCCCCC. The summed E-state index contributed by atoms with van der Waals surface area (Å²) >= 11 is 0. The molecule has 6 nitrogen and oxygen atoms in total. The maximum Gasteiger partial charge on any atom is 0.305 e. The maximum atomic E-state index is 12.5. The van der Waals surface area contributed by atoms with Crippen molar-refractivity contribution in [3.05, 3.63) is 36.5 Å². The lowest BCUT2D eigenvalue weighted by Gasteiger charge is -2.20. The molecule has 2 unspecified atom stereocenters. The standard InChI is InChI=1S/C63H119NO5/c1-3-5-7-9-11-13-15-17-19-20-21-22-23-25-28-31-35-39-43-47-51-55-61(66)60(59-65)64-62(67)56-52-48-44-40-36-32-29-26-24-27-30-34-38-42-46-50-54-58-69-63(68)57-53-49-45-41-37-33-18-16-14-12-10-8-6-4-2/h10,12,16,18,51,55,60-61,65-66H,3-9,11,13-15,17,19-50,52-54,56-59H2,1-2H3,(H,64,67)/b12-10-,18-16-,55-51+. The molecule has 0 saturated carbocycles. The Kier molecular flexibility index (Phi) is 57.0. The Morgan fingerprint density at radius 3 is 1.14 bits per heavy atom. The van der Waals surface area contributed by atoms with Crippen LogP contribution in [0.1, 0.15) is 328 Å². The van der Waals surface area contributed by atoms with E-state index in [2.05, 4.69) is 43.5 Å². The quantitative estimate of drug-likeness (QED) is 0.0321. The largest absolute Gasteiger partial charge is 0.466 e. The van der Waals surface area contributed by atoms with Gasteiger partial charge in [-0.3, -0.25) is 9.59 Å². The summed E-state index contributed by atoms with van der Waals surface area (Å²) in [6.07, 6.45) is 73.1. The topological polar surface area (TPSA) is 95.9 Å². The molecule has 0 aliphatic rings. The maximum absolute atomic E-state index is 12.5. The van der Waals surface area contributed by atoms with Gasteiger partial charge in [0.15, 0.2) is 0 Å². The predicted octanol–water partition coefficient (Wildman–Crippen LogP) is 19.2. The van der Waals surface area contributed by atoms with Crippen LogP contribution in [-0.4, -0.2) is 47.4 Å². The van der Waals surface area contributed by atoms with Crippen LogP contribution < -0.4 is 5.32 Å². The molecule has 0 aromatic rings. The molecule has 0 bridgehead atoms. The van der Waals surface area contributed by atoms with E-state index in [1.54, 1.807) is 6.08 Å². The van der Waals surface area contributed by atoms with Crippen LogP contribution in [0.4, 0.5) is 0 Å². The molecule has 1 amide bonds. The number of allylic oxidation sites excluding steroid dienone is 5. The van der Waals surface area contributed by atoms with Gasteiger partial charge in [-0.25, -0.2) is 0 Å². The van der Waals surface area contributed by atoms with Gasteiger partial charge in [-0.1, -0.05) is 294 Å². The van der Waals surface area contributed by atoms with E-state index in [0.717, 1.165) is 51.4 Å². The van der Waals surface area contributed by atoms with Crippen LogP contribution >= 0.6 is 0 Å². The molecule has 0 radical (unpaired) electrons. The van der Waals surface area contributed by atoms with E-state index < -0.39 is 12.1 Å². The second-order valence-corrected chi connectivity index (χ2v) is 21.0. The molecule has 0 fully saturated rings. The van der Waals surface area contributed by atoms with Crippen molar-refractivity contribution in [2.75, 3.05) is 13.2 Å². The van der Waals surface area contributed by atoms with Crippen LogP contribution in [0.5, 0.6) is 0 Å². The van der Waals surface area contributed by atoms with E-state index in [0.29, 0.717) is 19.4 Å². The monoisotopic (exact) mass is 970 g/mol. The van der Waals surface area contributed by atoms with Crippen molar-refractivity contribution in [3.63, 3.8) is 0 Å². The fourth-order valence-electron chi connectivity index (χ4n) is 9.42. The summed E-state index contributed by atoms with van der Waals surface area (Å²) < 4.78 is 5.47. The Morgan fingerprint density at radius 2 is 0.739 bits per heavy atom. The molecule has 0 aromatic heterocycles. The summed E-state index contributed by atoms with van der Waals surface area (Å²) in [7, 11) is 0. The Hall–Kier alpha value is -1.92. The molecule has 0 saturated heterocycles. The first-order valence-electron chi connectivity index (χ1n) is 30.8. The van der Waals surface area contributed by atoms with Crippen molar-refractivity contribution >= 4 is 11.9 Å². The number of nitrogens with one attached hydrogen (secondary N) is 1. The number of carbonyl (C=O) groups excluding carboxylic acids is 2. The average Bonchev–Trinajstić information content (AvgIpc) is 3.35. The number of aliphatic hydroxyl groups excluding tert-OH is 2. The molecular formula is C63H119NO5. The van der Waals surface area contributed by atoms with Gasteiger partial charge in [-0.2, -0.15) is 0 Å². The number of esters is 1. The number of aliphatic hydroxyl groups is 2. The molecule has 0 aliphatic heterocycles. The van der Waals surface area contributed by atoms with Gasteiger partial charge in [-0.05, 0) is 57.8 Å². The number of rotatable bonds is 57. The number of ether oxygens (including phenoxy) is 1. The van der Waals surface area contributed by atoms with Crippen LogP contribution in [-0.2, 0) is 14.3 Å². The first-order valence-corrected chi connectivity index (χ1v) is 30.8. The summed E-state index contributed by atoms with van der Waals surface area (Å²) in [6.45, 7) is 4.86. The molecule has 0 aliphatic carbocycles. The highest BCUT2D eigenvalue weighted by Gasteiger charge is 2.18. The molecule has 0 heterocycles. The van der Waals surface area contributed by atoms with Gasteiger partial charge in [0, 0.05) is 12.8 Å². The van der Waals surface area contributed by atoms with Crippen molar-refractivity contribution < 1.29 is 24.5 Å². The normalized spacial score (nSPS) is 12.8. The summed E-state index contributed by atoms with van der Waals surface area (Å²) in [5, 5.41) is 23.2. The minimum absolute atomic E-state index is 0.00994. The summed E-state index contributed by atoms with van der Waals surface area (Å²) in [5.41, 5.74) is 0. The molecule has 0 aromatic carbocycles. The van der Waals surface area contributed by atoms with Crippen molar-refractivity contribution in [1.82, 2.24) is 5.32 Å². The second-order valence-electron chi connectivity index (χ2n) is 21.0. The van der Waals surface area contributed by atoms with Crippen molar-refractivity contribution in [2.45, 2.75) is 341 Å². The van der Waals surface area contributed by atoms with Crippen LogP contribution in [0.2, 0.25) is 0 Å². The lowest BCUT2D eigenvalue weighted by atomic mass is 10.0. The molecule has 3 N–H and O–H groups in total. The van der Waals surface area contributed by atoms with Crippen molar-refractivity contribution in [3.8, 4) is 0 Å². The van der Waals surface area contributed by atoms with Crippen molar-refractivity contribution in [2.24, 2.45) is 0 Å². The number of unbranched alkanes of at least 4 members (excludes halogenated alkanes) is 42. The van der Waals surface area contributed by atoms with Gasteiger partial charge in [0.25, 0.3) is 0 Å². The molecule has 406 valence electrons. The third-order valence-corrected chi connectivity index (χ3v) is 14.2. The van der Waals surface area contributed by atoms with Gasteiger partial charge >= 0.3 is 5.97 Å². The molecule has 6 heteroatoms. The number of carbonyl (C=O) groups is 2. The highest BCUT2D eigenvalue weighted by atomic mass is 16.5. The minimum Gasteiger partial charge on any atom is -0.466 e. The van der Waals surface area contributed by atoms with Crippen LogP contribution in [0.15, 0.2) is 36.5 Å². The van der Waals surface area contributed by atoms with Gasteiger partial charge in [0.05, 0.1) is 25.4 Å². The van der Waals surface area contributed by atoms with Crippen molar-refractivity contribution in [1.29, 1.82) is 0 Å². The van der Waals surface area contributed by atoms with E-state index in [1.165, 1.54) is 250 Å². The summed E-state index contributed by atoms with van der Waals surface area (Å²) in [6, 6.07) is -0.634. The van der Waals surface area contributed by atoms with E-state index in [1.807, 2.05) is 6.08 Å². The van der Waals surface area contributed by atoms with E-state index in [9.17, 15) is 19.8 Å². The highest BCUT2D eigenvalue weighted by molar-refractivity contribution is 5.76. The smallest absolute Gasteiger partial charge is 0.305 e. The average molecular weight is 971 g/mol. The molecular weight excluding hydrogens is 851 g/mol. The zero-order valence-electron chi connectivity index (χ0n) is 46.3. The lowest BCUT2D eigenvalue weighted by molar-refractivity contribution is -0.143. The van der Waals surface area contributed by atoms with Gasteiger partial charge in [0.1, 0.15) is 0 Å². The predicted molar refractivity (Wildman–Crippen MR) is 301 cm³/mol. The third kappa shape index (κ3) is 55.2. The minimum atomic E-state index is -0.850. The summed E-state index contributed by atoms with van der Waals surface area (Å²) in [5.74, 6) is -0.0812. The highest BCUT2D eigenvalue weighted by Crippen LogP contribution is 2.17. The molecule has 0 spiro atoms. The van der Waals surface area contributed by atoms with Gasteiger partial charge in [-0.15, -0.1) is 0 Å². The number of hydrogen-bond donors (Lipinski definition) is 3. The Bertz CT molecular complexity index is 1120. The zero-order chi connectivity index (χ0) is 50.0. The third-order valence-electron chi connectivity index (χ3n) is 14.2. The first-order chi connectivity index (χ1) is 34.0. The molecule has 69 heavy (non-hydrogen) atoms. The Balaban J connectivity index is 3.46. The van der Waals surface area contributed by atoms with E-state index >= 15 is 0 Å². The Labute approximate surface area is 430 Å². The van der Waals surface area contributed by atoms with E-state index in [4.69, 9.17) is 4.74 Å². The lowest BCUT2D eigenvalue weighted by Crippen LogP contribution is -2.45. The Morgan fingerprint density at radius 1 is 0.406 bits per heavy atom. The van der Waals surface area contributed by atoms with Gasteiger partial charge in [0.2, 0.25) is 5.91 Å². The molecule has 2 atom stereocenters. The number of hydrogen-bond acceptors (Lipinski definition) is 5.